The van der Waals surface area contributed by atoms with Gasteiger partial charge in [-0.05, 0) is 24.1 Å². The lowest BCUT2D eigenvalue weighted by molar-refractivity contribution is -0.119. The molecular formula is C14H20N2O2. The lowest BCUT2D eigenvalue weighted by Gasteiger charge is -2.32. The molecule has 1 aromatic rings. The molecule has 2 rings (SSSR count). The minimum atomic E-state index is 0.853. The highest BCUT2D eigenvalue weighted by Crippen LogP contribution is 2.12. The molecule has 0 radical (unpaired) electrons. The molecule has 0 bridgehead atoms. The summed E-state index contributed by atoms with van der Waals surface area (Å²) < 4.78 is 5.14. The van der Waals surface area contributed by atoms with E-state index >= 15 is 0 Å². The highest BCUT2D eigenvalue weighted by molar-refractivity contribution is 5.47. The molecule has 4 nitrogen and oxygen atoms in total. The molecule has 0 unspecified atom stereocenters. The van der Waals surface area contributed by atoms with Crippen molar-refractivity contribution in [1.29, 1.82) is 0 Å². The Hall–Kier alpha value is -1.55. The van der Waals surface area contributed by atoms with Crippen molar-refractivity contribution in [2.24, 2.45) is 0 Å². The zero-order valence-electron chi connectivity index (χ0n) is 10.8. The highest BCUT2D eigenvalue weighted by atomic mass is 16.5. The second-order valence-corrected chi connectivity index (χ2v) is 4.58. The SMILES string of the molecule is COc1ccc(CCN2CCN(C=O)CC2)cc1. The maximum Gasteiger partial charge on any atom is 0.209 e. The van der Waals surface area contributed by atoms with Crippen LogP contribution in [0.4, 0.5) is 0 Å². The summed E-state index contributed by atoms with van der Waals surface area (Å²) in [6.45, 7) is 4.72. The van der Waals surface area contributed by atoms with Crippen molar-refractivity contribution in [3.8, 4) is 5.75 Å². The smallest absolute Gasteiger partial charge is 0.209 e. The third kappa shape index (κ3) is 3.47. The molecule has 0 atom stereocenters. The fourth-order valence-electron chi connectivity index (χ4n) is 2.17. The molecule has 1 aliphatic rings. The number of nitrogens with zero attached hydrogens (tertiary/aromatic N) is 2. The largest absolute Gasteiger partial charge is 0.497 e. The summed E-state index contributed by atoms with van der Waals surface area (Å²) in [5.41, 5.74) is 1.33. The summed E-state index contributed by atoms with van der Waals surface area (Å²) in [6, 6.07) is 8.22. The van der Waals surface area contributed by atoms with Gasteiger partial charge >= 0.3 is 0 Å². The number of benzene rings is 1. The maximum absolute atomic E-state index is 10.6. The number of hydrogen-bond acceptors (Lipinski definition) is 3. The third-order valence-corrected chi connectivity index (χ3v) is 3.43. The van der Waals surface area contributed by atoms with Gasteiger partial charge in [-0.3, -0.25) is 9.69 Å². The van der Waals surface area contributed by atoms with Gasteiger partial charge in [0, 0.05) is 32.7 Å². The van der Waals surface area contributed by atoms with E-state index < -0.39 is 0 Å². The minimum absolute atomic E-state index is 0.853. The number of methoxy groups -OCH3 is 1. The third-order valence-electron chi connectivity index (χ3n) is 3.43. The van der Waals surface area contributed by atoms with Gasteiger partial charge < -0.3 is 9.64 Å². The minimum Gasteiger partial charge on any atom is -0.497 e. The van der Waals surface area contributed by atoms with Crippen molar-refractivity contribution >= 4 is 6.41 Å². The predicted octanol–water partition coefficient (Wildman–Crippen LogP) is 1.01. The summed E-state index contributed by atoms with van der Waals surface area (Å²) >= 11 is 0. The molecular weight excluding hydrogens is 228 g/mol. The number of ether oxygens (including phenoxy) is 1. The van der Waals surface area contributed by atoms with E-state index in [2.05, 4.69) is 17.0 Å². The van der Waals surface area contributed by atoms with Gasteiger partial charge in [0.15, 0.2) is 0 Å². The molecule has 1 amide bonds. The van der Waals surface area contributed by atoms with Crippen molar-refractivity contribution in [3.63, 3.8) is 0 Å². The van der Waals surface area contributed by atoms with Crippen molar-refractivity contribution in [1.82, 2.24) is 9.80 Å². The Morgan fingerprint density at radius 1 is 1.17 bits per heavy atom. The van der Waals surface area contributed by atoms with E-state index in [4.69, 9.17) is 4.74 Å². The number of carbonyl (C=O) groups is 1. The van der Waals surface area contributed by atoms with Crippen LogP contribution in [-0.4, -0.2) is 56.0 Å². The number of hydrogen-bond donors (Lipinski definition) is 0. The summed E-state index contributed by atoms with van der Waals surface area (Å²) in [7, 11) is 1.68. The molecule has 1 saturated heterocycles. The van der Waals surface area contributed by atoms with E-state index in [9.17, 15) is 4.79 Å². The van der Waals surface area contributed by atoms with Gasteiger partial charge in [-0.2, -0.15) is 0 Å². The average molecular weight is 248 g/mol. The van der Waals surface area contributed by atoms with Gasteiger partial charge in [0.2, 0.25) is 6.41 Å². The Labute approximate surface area is 108 Å². The van der Waals surface area contributed by atoms with E-state index in [-0.39, 0.29) is 0 Å². The van der Waals surface area contributed by atoms with Crippen LogP contribution in [0.5, 0.6) is 5.75 Å². The molecule has 0 aliphatic carbocycles. The first-order valence-corrected chi connectivity index (χ1v) is 6.36. The van der Waals surface area contributed by atoms with Crippen molar-refractivity contribution in [3.05, 3.63) is 29.8 Å². The molecule has 0 spiro atoms. The fourth-order valence-corrected chi connectivity index (χ4v) is 2.17. The van der Waals surface area contributed by atoms with Gasteiger partial charge in [0.05, 0.1) is 7.11 Å². The summed E-state index contributed by atoms with van der Waals surface area (Å²) in [4.78, 5) is 14.8. The van der Waals surface area contributed by atoms with Crippen molar-refractivity contribution in [2.45, 2.75) is 6.42 Å². The molecule has 98 valence electrons. The van der Waals surface area contributed by atoms with Crippen LogP contribution < -0.4 is 4.74 Å². The molecule has 18 heavy (non-hydrogen) atoms. The van der Waals surface area contributed by atoms with Crippen LogP contribution >= 0.6 is 0 Å². The first-order chi connectivity index (χ1) is 8.81. The standard InChI is InChI=1S/C14H20N2O2/c1-18-14-4-2-13(3-5-14)6-7-15-8-10-16(12-17)11-9-15/h2-5,12H,6-11H2,1H3. The quantitative estimate of drug-likeness (QED) is 0.729. The van der Waals surface area contributed by atoms with E-state index in [1.165, 1.54) is 5.56 Å². The molecule has 0 N–H and O–H groups in total. The fraction of sp³-hybridized carbons (Fsp3) is 0.500. The van der Waals surface area contributed by atoms with E-state index in [1.807, 2.05) is 17.0 Å². The Morgan fingerprint density at radius 2 is 1.83 bits per heavy atom. The molecule has 4 heteroatoms. The van der Waals surface area contributed by atoms with Crippen LogP contribution in [0.1, 0.15) is 5.56 Å². The maximum atomic E-state index is 10.6. The van der Waals surface area contributed by atoms with Crippen LogP contribution in [0.2, 0.25) is 0 Å². The number of rotatable bonds is 5. The van der Waals surface area contributed by atoms with Crippen molar-refractivity contribution in [2.75, 3.05) is 39.8 Å². The lowest BCUT2D eigenvalue weighted by atomic mass is 10.1. The lowest BCUT2D eigenvalue weighted by Crippen LogP contribution is -2.46. The van der Waals surface area contributed by atoms with Gasteiger partial charge in [-0.25, -0.2) is 0 Å². The van der Waals surface area contributed by atoms with Crippen molar-refractivity contribution < 1.29 is 9.53 Å². The Bertz CT molecular complexity index is 370. The van der Waals surface area contributed by atoms with Crippen LogP contribution in [0.15, 0.2) is 24.3 Å². The average Bonchev–Trinajstić information content (AvgIpc) is 2.46. The Balaban J connectivity index is 1.76. The topological polar surface area (TPSA) is 32.8 Å². The van der Waals surface area contributed by atoms with Gasteiger partial charge in [0.25, 0.3) is 0 Å². The zero-order chi connectivity index (χ0) is 12.8. The summed E-state index contributed by atoms with van der Waals surface area (Å²) in [6.07, 6.45) is 1.99. The molecule has 0 aromatic heterocycles. The first kappa shape index (κ1) is 12.9. The number of carbonyl (C=O) groups excluding carboxylic acids is 1. The molecule has 1 aliphatic heterocycles. The monoisotopic (exact) mass is 248 g/mol. The van der Waals surface area contributed by atoms with Crippen LogP contribution in [0.3, 0.4) is 0 Å². The zero-order valence-corrected chi connectivity index (χ0v) is 10.8. The Morgan fingerprint density at radius 3 is 2.39 bits per heavy atom. The molecule has 1 aromatic carbocycles. The predicted molar refractivity (Wildman–Crippen MR) is 70.8 cm³/mol. The van der Waals surface area contributed by atoms with Crippen LogP contribution in [-0.2, 0) is 11.2 Å². The molecule has 0 saturated carbocycles. The molecule has 1 fully saturated rings. The summed E-state index contributed by atoms with van der Waals surface area (Å²) in [5.74, 6) is 0.901. The number of amides is 1. The van der Waals surface area contributed by atoms with Crippen LogP contribution in [0, 0.1) is 0 Å². The molecule has 1 heterocycles. The van der Waals surface area contributed by atoms with Crippen LogP contribution in [0.25, 0.3) is 0 Å². The second-order valence-electron chi connectivity index (χ2n) is 4.58. The Kier molecular flexibility index (Phi) is 4.59. The van der Waals surface area contributed by atoms with E-state index in [0.717, 1.165) is 51.3 Å². The van der Waals surface area contributed by atoms with Gasteiger partial charge in [0.1, 0.15) is 5.75 Å². The van der Waals surface area contributed by atoms with E-state index in [1.54, 1.807) is 7.11 Å². The second kappa shape index (κ2) is 6.40. The number of piperazine rings is 1. The normalized spacial score (nSPS) is 16.6. The first-order valence-electron chi connectivity index (χ1n) is 6.36. The van der Waals surface area contributed by atoms with Gasteiger partial charge in [-0.1, -0.05) is 12.1 Å². The highest BCUT2D eigenvalue weighted by Gasteiger charge is 2.14. The summed E-state index contributed by atoms with van der Waals surface area (Å²) in [5, 5.41) is 0. The van der Waals surface area contributed by atoms with Gasteiger partial charge in [-0.15, -0.1) is 0 Å². The van der Waals surface area contributed by atoms with E-state index in [0.29, 0.717) is 0 Å².